The van der Waals surface area contributed by atoms with Gasteiger partial charge >= 0.3 is 11.9 Å². The van der Waals surface area contributed by atoms with Gasteiger partial charge in [-0.2, -0.15) is 0 Å². The van der Waals surface area contributed by atoms with Gasteiger partial charge < -0.3 is 9.47 Å². The number of hydrogen-bond donors (Lipinski definition) is 0. The van der Waals surface area contributed by atoms with E-state index in [0.29, 0.717) is 10.8 Å². The van der Waals surface area contributed by atoms with Crippen molar-refractivity contribution in [3.05, 3.63) is 29.3 Å². The van der Waals surface area contributed by atoms with E-state index < -0.39 is 11.9 Å². The molecule has 0 amide bonds. The zero-order valence-corrected chi connectivity index (χ0v) is 13.6. The Morgan fingerprint density at radius 3 is 2.38 bits per heavy atom. The number of benzene rings is 1. The first kappa shape index (κ1) is 17.5. The molecule has 0 bridgehead atoms. The lowest BCUT2D eigenvalue weighted by Gasteiger charge is -2.26. The summed E-state index contributed by atoms with van der Waals surface area (Å²) in [5.41, 5.74) is -0.128. The Balaban J connectivity index is 2.38. The maximum Gasteiger partial charge on any atom is 0.311 e. The van der Waals surface area contributed by atoms with Gasteiger partial charge in [0.2, 0.25) is 0 Å². The van der Waals surface area contributed by atoms with Crippen LogP contribution in [0.1, 0.15) is 40.5 Å². The Labute approximate surface area is 130 Å². The molecule has 0 heterocycles. The third kappa shape index (κ3) is 6.63. The van der Waals surface area contributed by atoms with E-state index in [1.54, 1.807) is 24.3 Å². The van der Waals surface area contributed by atoms with Gasteiger partial charge in [0.25, 0.3) is 0 Å². The van der Waals surface area contributed by atoms with Crippen molar-refractivity contribution in [2.24, 2.45) is 5.41 Å². The molecule has 0 aliphatic carbocycles. The van der Waals surface area contributed by atoms with Gasteiger partial charge in [0.1, 0.15) is 11.9 Å². The van der Waals surface area contributed by atoms with Crippen molar-refractivity contribution < 1.29 is 19.1 Å². The van der Waals surface area contributed by atoms with Crippen molar-refractivity contribution in [3.63, 3.8) is 0 Å². The molecule has 0 N–H and O–H groups in total. The van der Waals surface area contributed by atoms with Crippen molar-refractivity contribution in [3.8, 4) is 5.75 Å². The minimum Gasteiger partial charge on any atom is -0.462 e. The van der Waals surface area contributed by atoms with Crippen molar-refractivity contribution >= 4 is 23.5 Å². The Morgan fingerprint density at radius 2 is 1.81 bits per heavy atom. The molecule has 0 fully saturated rings. The van der Waals surface area contributed by atoms with Gasteiger partial charge in [-0.05, 0) is 30.5 Å². The molecule has 0 radical (unpaired) electrons. The second-order valence-electron chi connectivity index (χ2n) is 5.93. The molecule has 1 unspecified atom stereocenters. The van der Waals surface area contributed by atoms with E-state index >= 15 is 0 Å². The summed E-state index contributed by atoms with van der Waals surface area (Å²) >= 11 is 5.79. The van der Waals surface area contributed by atoms with E-state index in [2.05, 4.69) is 0 Å². The molecule has 21 heavy (non-hydrogen) atoms. The largest absolute Gasteiger partial charge is 0.462 e. The molecule has 5 heteroatoms. The van der Waals surface area contributed by atoms with Crippen molar-refractivity contribution in [1.29, 1.82) is 0 Å². The smallest absolute Gasteiger partial charge is 0.311 e. The number of ether oxygens (including phenoxy) is 2. The molecule has 1 aromatic rings. The minimum atomic E-state index is -0.488. The van der Waals surface area contributed by atoms with E-state index in [9.17, 15) is 9.59 Å². The Morgan fingerprint density at radius 1 is 1.19 bits per heavy atom. The van der Waals surface area contributed by atoms with Crippen LogP contribution in [0.25, 0.3) is 0 Å². The monoisotopic (exact) mass is 312 g/mol. The van der Waals surface area contributed by atoms with E-state index in [-0.39, 0.29) is 24.4 Å². The summed E-state index contributed by atoms with van der Waals surface area (Å²) in [6.45, 7) is 7.79. The highest BCUT2D eigenvalue weighted by Crippen LogP contribution is 2.22. The van der Waals surface area contributed by atoms with Crippen LogP contribution in [0.4, 0.5) is 0 Å². The van der Waals surface area contributed by atoms with Crippen LogP contribution < -0.4 is 4.74 Å². The number of esters is 2. The average Bonchev–Trinajstić information content (AvgIpc) is 2.35. The number of carbonyl (C=O) groups excluding carboxylic acids is 2. The van der Waals surface area contributed by atoms with Crippen molar-refractivity contribution in [2.75, 3.05) is 0 Å². The Bertz CT molecular complexity index is 505. The SMILES string of the molecule is CC(OC(=O)CCC(=O)Oc1cccc(Cl)c1)C(C)(C)C. The minimum absolute atomic E-state index is 0.000180. The van der Waals surface area contributed by atoms with Gasteiger partial charge in [0, 0.05) is 5.02 Å². The first-order chi connectivity index (χ1) is 9.68. The molecule has 4 nitrogen and oxygen atoms in total. The van der Waals surface area contributed by atoms with Crippen molar-refractivity contribution in [1.82, 2.24) is 0 Å². The Kier molecular flexibility index (Phi) is 6.21. The average molecular weight is 313 g/mol. The predicted octanol–water partition coefficient (Wildman–Crippen LogP) is 4.00. The van der Waals surface area contributed by atoms with Crippen LogP contribution in [0.2, 0.25) is 5.02 Å². The highest BCUT2D eigenvalue weighted by atomic mass is 35.5. The van der Waals surface area contributed by atoms with Crippen LogP contribution in [0, 0.1) is 5.41 Å². The van der Waals surface area contributed by atoms with Crippen LogP contribution in [0.5, 0.6) is 5.75 Å². The topological polar surface area (TPSA) is 52.6 Å². The summed E-state index contributed by atoms with van der Waals surface area (Å²) in [6, 6.07) is 6.54. The molecule has 1 aromatic carbocycles. The zero-order chi connectivity index (χ0) is 16.0. The summed E-state index contributed by atoms with van der Waals surface area (Å²) in [5.74, 6) is -0.526. The lowest BCUT2D eigenvalue weighted by molar-refractivity contribution is -0.155. The zero-order valence-electron chi connectivity index (χ0n) is 12.8. The van der Waals surface area contributed by atoms with Crippen LogP contribution in [0.15, 0.2) is 24.3 Å². The summed E-state index contributed by atoms with van der Waals surface area (Å²) in [5, 5.41) is 0.485. The highest BCUT2D eigenvalue weighted by molar-refractivity contribution is 6.30. The van der Waals surface area contributed by atoms with E-state index in [0.717, 1.165) is 0 Å². The van der Waals surface area contributed by atoms with Gasteiger partial charge in [-0.25, -0.2) is 0 Å². The van der Waals surface area contributed by atoms with Gasteiger partial charge in [0.15, 0.2) is 0 Å². The first-order valence-corrected chi connectivity index (χ1v) is 7.22. The molecular formula is C16H21ClO4. The van der Waals surface area contributed by atoms with Crippen molar-refractivity contribution in [2.45, 2.75) is 46.6 Å². The number of halogens is 1. The molecule has 1 atom stereocenters. The molecular weight excluding hydrogens is 292 g/mol. The van der Waals surface area contributed by atoms with Crippen LogP contribution in [-0.4, -0.2) is 18.0 Å². The lowest BCUT2D eigenvalue weighted by Crippen LogP contribution is -2.29. The Hall–Kier alpha value is -1.55. The highest BCUT2D eigenvalue weighted by Gasteiger charge is 2.24. The van der Waals surface area contributed by atoms with E-state index in [4.69, 9.17) is 21.1 Å². The molecule has 0 aromatic heterocycles. The molecule has 0 saturated heterocycles. The fourth-order valence-electron chi connectivity index (χ4n) is 1.35. The standard InChI is InChI=1S/C16H21ClO4/c1-11(16(2,3)4)20-14(18)8-9-15(19)21-13-7-5-6-12(17)10-13/h5-7,10-11H,8-9H2,1-4H3. The molecule has 0 saturated carbocycles. The predicted molar refractivity (Wildman–Crippen MR) is 81.3 cm³/mol. The summed E-state index contributed by atoms with van der Waals surface area (Å²) < 4.78 is 10.4. The van der Waals surface area contributed by atoms with Gasteiger partial charge in [-0.15, -0.1) is 0 Å². The fraction of sp³-hybridized carbons (Fsp3) is 0.500. The third-order valence-electron chi connectivity index (χ3n) is 3.09. The molecule has 0 aliphatic rings. The lowest BCUT2D eigenvalue weighted by atomic mass is 9.90. The maximum absolute atomic E-state index is 11.7. The number of rotatable bonds is 5. The quantitative estimate of drug-likeness (QED) is 0.609. The normalized spacial score (nSPS) is 12.6. The van der Waals surface area contributed by atoms with E-state index in [1.165, 1.54) is 0 Å². The first-order valence-electron chi connectivity index (χ1n) is 6.84. The van der Waals surface area contributed by atoms with Crippen LogP contribution >= 0.6 is 11.6 Å². The second-order valence-corrected chi connectivity index (χ2v) is 6.37. The third-order valence-corrected chi connectivity index (χ3v) is 3.32. The number of carbonyl (C=O) groups is 2. The molecule has 0 spiro atoms. The van der Waals surface area contributed by atoms with Gasteiger partial charge in [-0.3, -0.25) is 9.59 Å². The molecule has 1 rings (SSSR count). The molecule has 0 aliphatic heterocycles. The van der Waals surface area contributed by atoms with Crippen LogP contribution in [0.3, 0.4) is 0 Å². The van der Waals surface area contributed by atoms with Gasteiger partial charge in [0.05, 0.1) is 12.8 Å². The number of hydrogen-bond acceptors (Lipinski definition) is 4. The summed E-state index contributed by atoms with van der Waals surface area (Å²) in [4.78, 5) is 23.3. The van der Waals surface area contributed by atoms with Gasteiger partial charge in [-0.1, -0.05) is 38.4 Å². The summed E-state index contributed by atoms with van der Waals surface area (Å²) in [7, 11) is 0. The fourth-order valence-corrected chi connectivity index (χ4v) is 1.53. The van der Waals surface area contributed by atoms with Crippen LogP contribution in [-0.2, 0) is 14.3 Å². The second kappa shape index (κ2) is 7.46. The summed E-state index contributed by atoms with van der Waals surface area (Å²) in [6.07, 6.45) is -0.240. The van der Waals surface area contributed by atoms with E-state index in [1.807, 2.05) is 27.7 Å². The maximum atomic E-state index is 11.7. The molecule has 116 valence electrons.